The van der Waals surface area contributed by atoms with Gasteiger partial charge in [-0.25, -0.2) is 14.2 Å². The smallest absolute Gasteiger partial charge is 0.335 e. The average Bonchev–Trinajstić information content (AvgIpc) is 3.77. The molecule has 0 unspecified atom stereocenters. The Bertz CT molecular complexity index is 1710. The van der Waals surface area contributed by atoms with Crippen LogP contribution in [0.4, 0.5) is 10.1 Å². The summed E-state index contributed by atoms with van der Waals surface area (Å²) in [4.78, 5) is 21.2. The number of rotatable bonds is 11. The summed E-state index contributed by atoms with van der Waals surface area (Å²) in [5.74, 6) is 0.282. The Kier molecular flexibility index (Phi) is 9.58. The molecule has 1 aromatic heterocycles. The predicted molar refractivity (Wildman–Crippen MR) is 179 cm³/mol. The zero-order valence-electron chi connectivity index (χ0n) is 26.8. The van der Waals surface area contributed by atoms with Crippen LogP contribution in [-0.4, -0.2) is 78.1 Å². The number of carbonyl (C=O) groups is 1. The van der Waals surface area contributed by atoms with E-state index >= 15 is 4.39 Å². The van der Waals surface area contributed by atoms with Gasteiger partial charge in [0.2, 0.25) is 0 Å². The van der Waals surface area contributed by atoms with Crippen LogP contribution in [0.25, 0.3) is 22.4 Å². The second-order valence-corrected chi connectivity index (χ2v) is 12.8. The van der Waals surface area contributed by atoms with Gasteiger partial charge in [-0.2, -0.15) is 0 Å². The van der Waals surface area contributed by atoms with E-state index in [1.807, 2.05) is 6.07 Å². The van der Waals surface area contributed by atoms with Crippen molar-refractivity contribution in [3.8, 4) is 22.9 Å². The molecule has 1 saturated carbocycles. The summed E-state index contributed by atoms with van der Waals surface area (Å²) < 4.78 is 36.0. The van der Waals surface area contributed by atoms with Crippen molar-refractivity contribution < 1.29 is 28.5 Å². The average molecular weight is 643 g/mol. The summed E-state index contributed by atoms with van der Waals surface area (Å²) in [6.45, 7) is 7.03. The molecule has 1 aliphatic carbocycles. The summed E-state index contributed by atoms with van der Waals surface area (Å²) >= 11 is 0. The predicted octanol–water partition coefficient (Wildman–Crippen LogP) is 6.94. The molecule has 1 N–H and O–H groups in total. The molecule has 0 spiro atoms. The Morgan fingerprint density at radius 3 is 2.49 bits per heavy atom. The Hall–Kier alpha value is -4.15. The second-order valence-electron chi connectivity index (χ2n) is 12.8. The zero-order valence-corrected chi connectivity index (χ0v) is 26.8. The number of anilines is 1. The molecule has 248 valence electrons. The molecule has 3 aliphatic rings. The molecular weight excluding hydrogens is 599 g/mol. The first-order chi connectivity index (χ1) is 23.0. The van der Waals surface area contributed by atoms with Gasteiger partial charge in [0, 0.05) is 56.1 Å². The number of fused-ring (bicyclic) bond motifs is 1. The minimum atomic E-state index is -1.01. The van der Waals surface area contributed by atoms with Crippen LogP contribution in [0.5, 0.6) is 11.5 Å². The monoisotopic (exact) mass is 642 g/mol. The van der Waals surface area contributed by atoms with Crippen molar-refractivity contribution in [1.82, 2.24) is 14.5 Å². The lowest BCUT2D eigenvalue weighted by Crippen LogP contribution is -2.38. The van der Waals surface area contributed by atoms with Gasteiger partial charge in [0.05, 0.1) is 35.4 Å². The van der Waals surface area contributed by atoms with Gasteiger partial charge in [0.15, 0.2) is 0 Å². The number of benzene rings is 3. The van der Waals surface area contributed by atoms with Crippen molar-refractivity contribution in [3.05, 3.63) is 71.5 Å². The fraction of sp³-hybridized carbons (Fsp3) is 0.459. The zero-order chi connectivity index (χ0) is 32.2. The topological polar surface area (TPSA) is 89.3 Å². The van der Waals surface area contributed by atoms with E-state index in [1.54, 1.807) is 30.3 Å². The van der Waals surface area contributed by atoms with Crippen molar-refractivity contribution in [3.63, 3.8) is 0 Å². The lowest BCUT2D eigenvalue weighted by molar-refractivity contribution is 0.0321. The fourth-order valence-electron chi connectivity index (χ4n) is 7.16. The van der Waals surface area contributed by atoms with Gasteiger partial charge in [-0.1, -0.05) is 19.3 Å². The number of carboxylic acid groups (broad SMARTS) is 1. The van der Waals surface area contributed by atoms with Gasteiger partial charge in [0.1, 0.15) is 36.4 Å². The van der Waals surface area contributed by atoms with Crippen molar-refractivity contribution >= 4 is 22.7 Å². The third-order valence-electron chi connectivity index (χ3n) is 9.74. The Morgan fingerprint density at radius 2 is 1.72 bits per heavy atom. The lowest BCUT2D eigenvalue weighted by Gasteiger charge is -2.26. The van der Waals surface area contributed by atoms with Crippen LogP contribution in [0.15, 0.2) is 54.6 Å². The van der Waals surface area contributed by atoms with Gasteiger partial charge in [0.25, 0.3) is 0 Å². The van der Waals surface area contributed by atoms with E-state index in [9.17, 15) is 9.90 Å². The summed E-state index contributed by atoms with van der Waals surface area (Å²) in [5, 5.41) is 9.55. The number of nitrogens with zero attached hydrogens (tertiary/aromatic N) is 4. The number of aromatic carboxylic acids is 1. The molecule has 3 heterocycles. The largest absolute Gasteiger partial charge is 0.492 e. The highest BCUT2D eigenvalue weighted by Crippen LogP contribution is 2.38. The SMILES string of the molecule is O=C(O)c1ccc2c(c1)nc(-c1ccc(OCc3cc(N4CCCC4)ccc3OCCN3CCOCC3)cc1F)n2C1CCCCC1. The molecule has 2 saturated heterocycles. The molecule has 0 amide bonds. The molecule has 3 aromatic carbocycles. The molecule has 7 rings (SSSR count). The van der Waals surface area contributed by atoms with E-state index in [4.69, 9.17) is 19.2 Å². The maximum absolute atomic E-state index is 16.0. The van der Waals surface area contributed by atoms with Crippen molar-refractivity contribution in [1.29, 1.82) is 0 Å². The molecular formula is C37H43FN4O5. The number of halogens is 1. The number of imidazole rings is 1. The number of hydrogen-bond donors (Lipinski definition) is 1. The van der Waals surface area contributed by atoms with Gasteiger partial charge in [-0.15, -0.1) is 0 Å². The van der Waals surface area contributed by atoms with Crippen LogP contribution in [0.1, 0.15) is 66.9 Å². The van der Waals surface area contributed by atoms with Gasteiger partial charge in [-0.05, 0) is 74.2 Å². The fourth-order valence-corrected chi connectivity index (χ4v) is 7.16. The standard InChI is InChI=1S/C37H43FN4O5/c38-32-24-30(10-11-31(32)36-39-33-23-26(37(43)44)8-12-34(33)42(36)28-6-2-1-3-7-28)47-25-27-22-29(41-14-4-5-15-41)9-13-35(27)46-21-18-40-16-19-45-20-17-40/h8-13,22-24,28H,1-7,14-21,25H2,(H,43,44). The number of morpholine rings is 1. The van der Waals surface area contributed by atoms with E-state index in [2.05, 4.69) is 26.5 Å². The highest BCUT2D eigenvalue weighted by atomic mass is 19.1. The Balaban J connectivity index is 1.12. The van der Waals surface area contributed by atoms with Crippen LogP contribution in [0.2, 0.25) is 0 Å². The minimum absolute atomic E-state index is 0.166. The highest BCUT2D eigenvalue weighted by molar-refractivity contribution is 5.93. The summed E-state index contributed by atoms with van der Waals surface area (Å²) in [6.07, 6.45) is 7.72. The minimum Gasteiger partial charge on any atom is -0.492 e. The van der Waals surface area contributed by atoms with Gasteiger partial charge in [-0.3, -0.25) is 4.90 Å². The first kappa shape index (κ1) is 31.4. The third kappa shape index (κ3) is 7.09. The van der Waals surface area contributed by atoms with E-state index in [1.165, 1.54) is 25.3 Å². The van der Waals surface area contributed by atoms with E-state index in [-0.39, 0.29) is 18.2 Å². The molecule has 3 fully saturated rings. The van der Waals surface area contributed by atoms with E-state index in [0.29, 0.717) is 29.3 Å². The summed E-state index contributed by atoms with van der Waals surface area (Å²) in [6, 6.07) is 16.4. The maximum atomic E-state index is 16.0. The third-order valence-corrected chi connectivity index (χ3v) is 9.74. The highest BCUT2D eigenvalue weighted by Gasteiger charge is 2.25. The van der Waals surface area contributed by atoms with E-state index in [0.717, 1.165) is 94.1 Å². The number of ether oxygens (including phenoxy) is 3. The molecule has 2 aliphatic heterocycles. The Labute approximate surface area is 274 Å². The van der Waals surface area contributed by atoms with Crippen molar-refractivity contribution in [2.45, 2.75) is 57.6 Å². The van der Waals surface area contributed by atoms with Crippen molar-refractivity contribution in [2.24, 2.45) is 0 Å². The molecule has 0 atom stereocenters. The first-order valence-electron chi connectivity index (χ1n) is 17.0. The van der Waals surface area contributed by atoms with Crippen LogP contribution < -0.4 is 14.4 Å². The molecule has 0 radical (unpaired) electrons. The molecule has 47 heavy (non-hydrogen) atoms. The quantitative estimate of drug-likeness (QED) is 0.188. The normalized spacial score (nSPS) is 17.8. The van der Waals surface area contributed by atoms with Crippen LogP contribution >= 0.6 is 0 Å². The Morgan fingerprint density at radius 1 is 0.915 bits per heavy atom. The van der Waals surface area contributed by atoms with Crippen LogP contribution in [0.3, 0.4) is 0 Å². The molecule has 9 nitrogen and oxygen atoms in total. The van der Waals surface area contributed by atoms with Gasteiger partial charge >= 0.3 is 5.97 Å². The maximum Gasteiger partial charge on any atom is 0.335 e. The van der Waals surface area contributed by atoms with Gasteiger partial charge < -0.3 is 28.8 Å². The summed E-state index contributed by atoms with van der Waals surface area (Å²) in [5.41, 5.74) is 4.00. The number of aromatic nitrogens is 2. The van der Waals surface area contributed by atoms with Crippen LogP contribution in [0, 0.1) is 5.82 Å². The van der Waals surface area contributed by atoms with Crippen molar-refractivity contribution in [2.75, 3.05) is 57.4 Å². The molecule has 0 bridgehead atoms. The molecule has 10 heteroatoms. The summed E-state index contributed by atoms with van der Waals surface area (Å²) in [7, 11) is 0. The number of hydrogen-bond acceptors (Lipinski definition) is 7. The van der Waals surface area contributed by atoms with Crippen LogP contribution in [-0.2, 0) is 11.3 Å². The number of carboxylic acids is 1. The van der Waals surface area contributed by atoms with E-state index < -0.39 is 11.8 Å². The lowest BCUT2D eigenvalue weighted by atomic mass is 9.94. The first-order valence-corrected chi connectivity index (χ1v) is 17.0. The second kappa shape index (κ2) is 14.3. The molecule has 4 aromatic rings.